The molecule has 128 valence electrons. The molecule has 0 unspecified atom stereocenters. The summed E-state index contributed by atoms with van der Waals surface area (Å²) < 4.78 is 1.99. The molecule has 4 aromatic rings. The minimum absolute atomic E-state index is 0.892. The summed E-state index contributed by atoms with van der Waals surface area (Å²) in [5.41, 5.74) is 8.88. The number of aromatic nitrogens is 4. The summed E-state index contributed by atoms with van der Waals surface area (Å²) >= 11 is 0. The Balaban J connectivity index is 1.42. The van der Waals surface area contributed by atoms with Gasteiger partial charge in [-0.3, -0.25) is 15.0 Å². The van der Waals surface area contributed by atoms with Crippen LogP contribution in [0.2, 0.25) is 0 Å². The van der Waals surface area contributed by atoms with Gasteiger partial charge in [-0.05, 0) is 56.5 Å². The average Bonchev–Trinajstić information content (AvgIpc) is 3.28. The molecule has 0 spiro atoms. The van der Waals surface area contributed by atoms with Crippen molar-refractivity contribution in [2.45, 2.75) is 33.1 Å². The van der Waals surface area contributed by atoms with E-state index in [-0.39, 0.29) is 0 Å². The lowest BCUT2D eigenvalue weighted by molar-refractivity contribution is 0.839. The molecule has 0 N–H and O–H groups in total. The van der Waals surface area contributed by atoms with E-state index in [0.29, 0.717) is 0 Å². The van der Waals surface area contributed by atoms with E-state index in [0.717, 1.165) is 58.5 Å². The zero-order valence-electron chi connectivity index (χ0n) is 14.9. The highest BCUT2D eigenvalue weighted by molar-refractivity contribution is 6.02. The molecule has 5 heteroatoms. The molecular weight excluding hydrogens is 322 g/mol. The first-order chi connectivity index (χ1) is 12.7. The van der Waals surface area contributed by atoms with Crippen LogP contribution in [-0.4, -0.2) is 25.3 Å². The molecule has 0 fully saturated rings. The summed E-state index contributed by atoms with van der Waals surface area (Å²) in [5.74, 6) is 0. The maximum Gasteiger partial charge on any atom is 0.0880 e. The molecule has 0 saturated heterocycles. The maximum atomic E-state index is 4.91. The van der Waals surface area contributed by atoms with Crippen LogP contribution in [-0.2, 0) is 12.8 Å². The van der Waals surface area contributed by atoms with Crippen molar-refractivity contribution in [3.63, 3.8) is 0 Å². The van der Waals surface area contributed by atoms with Crippen LogP contribution in [0.25, 0.3) is 16.4 Å². The van der Waals surface area contributed by atoms with Crippen molar-refractivity contribution in [2.75, 3.05) is 0 Å². The first-order valence-electron chi connectivity index (χ1n) is 8.93. The highest BCUT2D eigenvalue weighted by Gasteiger charge is 2.18. The predicted octanol–water partition coefficient (Wildman–Crippen LogP) is 4.16. The van der Waals surface area contributed by atoms with Gasteiger partial charge in [0.15, 0.2) is 0 Å². The Hall–Kier alpha value is -3.08. The number of fused-ring (bicyclic) bond motifs is 4. The molecule has 0 aliphatic carbocycles. The quantitative estimate of drug-likeness (QED) is 0.562. The fraction of sp³-hybridized carbons (Fsp3) is 0.238. The van der Waals surface area contributed by atoms with Crippen molar-refractivity contribution in [1.82, 2.24) is 19.6 Å². The van der Waals surface area contributed by atoms with E-state index in [9.17, 15) is 0 Å². The lowest BCUT2D eigenvalue weighted by Gasteiger charge is -2.01. The van der Waals surface area contributed by atoms with Crippen LogP contribution in [0.5, 0.6) is 0 Å². The molecule has 5 rings (SSSR count). The van der Waals surface area contributed by atoms with Crippen molar-refractivity contribution in [1.29, 1.82) is 0 Å². The van der Waals surface area contributed by atoms with E-state index in [2.05, 4.69) is 34.2 Å². The Kier molecular flexibility index (Phi) is 3.35. The second-order valence-corrected chi connectivity index (χ2v) is 6.92. The molecule has 0 saturated carbocycles. The highest BCUT2D eigenvalue weighted by atomic mass is 15.2. The third kappa shape index (κ3) is 2.39. The van der Waals surface area contributed by atoms with E-state index in [1.807, 2.05) is 36.8 Å². The molecule has 0 atom stereocenters. The Morgan fingerprint density at radius 3 is 2.88 bits per heavy atom. The number of hydrogen-bond acceptors (Lipinski definition) is 4. The number of aliphatic imine (C=N–C) groups is 1. The van der Waals surface area contributed by atoms with Gasteiger partial charge >= 0.3 is 0 Å². The van der Waals surface area contributed by atoms with E-state index in [1.54, 1.807) is 0 Å². The van der Waals surface area contributed by atoms with Gasteiger partial charge in [-0.2, -0.15) is 5.10 Å². The summed E-state index contributed by atoms with van der Waals surface area (Å²) in [4.78, 5) is 13.8. The molecule has 3 aromatic heterocycles. The normalized spacial score (nSPS) is 13.4. The van der Waals surface area contributed by atoms with Crippen molar-refractivity contribution in [3.8, 4) is 0 Å². The molecule has 26 heavy (non-hydrogen) atoms. The summed E-state index contributed by atoms with van der Waals surface area (Å²) in [7, 11) is 0. The molecule has 1 aromatic carbocycles. The van der Waals surface area contributed by atoms with Gasteiger partial charge < -0.3 is 0 Å². The fourth-order valence-corrected chi connectivity index (χ4v) is 3.68. The second kappa shape index (κ2) is 5.73. The van der Waals surface area contributed by atoms with Gasteiger partial charge in [-0.25, -0.2) is 4.52 Å². The van der Waals surface area contributed by atoms with Gasteiger partial charge in [-0.1, -0.05) is 6.07 Å². The van der Waals surface area contributed by atoms with Gasteiger partial charge in [0, 0.05) is 29.9 Å². The molecule has 0 bridgehead atoms. The molecular formula is C21H19N5. The molecule has 0 radical (unpaired) electrons. The minimum Gasteiger partial charge on any atom is -0.257 e. The maximum absolute atomic E-state index is 4.91. The summed E-state index contributed by atoms with van der Waals surface area (Å²) in [5, 5.41) is 5.89. The van der Waals surface area contributed by atoms with Crippen LogP contribution in [0.3, 0.4) is 0 Å². The van der Waals surface area contributed by atoms with Crippen LogP contribution in [0.15, 0.2) is 47.7 Å². The number of pyridine rings is 1. The topological polar surface area (TPSA) is 55.4 Å². The Bertz CT molecular complexity index is 1150. The van der Waals surface area contributed by atoms with Crippen molar-refractivity contribution < 1.29 is 0 Å². The largest absolute Gasteiger partial charge is 0.257 e. The van der Waals surface area contributed by atoms with Gasteiger partial charge in [0.1, 0.15) is 0 Å². The molecule has 4 heterocycles. The first-order valence-corrected chi connectivity index (χ1v) is 8.93. The molecule has 1 aliphatic heterocycles. The standard InChI is InChI=1S/C21H19N5/c1-13-12-23-14(2)20-11-17(25-26(13)20)7-6-16-10-15-5-8-19-18(21(15)24-16)4-3-9-22-19/h3-5,8-9,11-12H,6-7,10H2,1-2H3. The number of benzene rings is 1. The van der Waals surface area contributed by atoms with Crippen LogP contribution in [0, 0.1) is 13.8 Å². The lowest BCUT2D eigenvalue weighted by Crippen LogP contribution is -2.01. The van der Waals surface area contributed by atoms with Gasteiger partial charge in [-0.15, -0.1) is 0 Å². The van der Waals surface area contributed by atoms with Crippen LogP contribution in [0.1, 0.15) is 29.1 Å². The average molecular weight is 341 g/mol. The van der Waals surface area contributed by atoms with Crippen molar-refractivity contribution in [3.05, 3.63) is 65.4 Å². The van der Waals surface area contributed by atoms with Crippen LogP contribution in [0.4, 0.5) is 5.69 Å². The number of hydrogen-bond donors (Lipinski definition) is 0. The van der Waals surface area contributed by atoms with Crippen molar-refractivity contribution in [2.24, 2.45) is 4.99 Å². The highest BCUT2D eigenvalue weighted by Crippen LogP contribution is 2.34. The smallest absolute Gasteiger partial charge is 0.0880 e. The van der Waals surface area contributed by atoms with E-state index >= 15 is 0 Å². The van der Waals surface area contributed by atoms with Gasteiger partial charge in [0.05, 0.1) is 33.8 Å². The third-order valence-corrected chi connectivity index (χ3v) is 5.08. The first kappa shape index (κ1) is 15.2. The minimum atomic E-state index is 0.892. The lowest BCUT2D eigenvalue weighted by atomic mass is 10.0. The van der Waals surface area contributed by atoms with E-state index in [1.165, 1.54) is 11.3 Å². The van der Waals surface area contributed by atoms with E-state index < -0.39 is 0 Å². The van der Waals surface area contributed by atoms with Crippen molar-refractivity contribution >= 4 is 27.8 Å². The molecule has 1 aliphatic rings. The zero-order chi connectivity index (χ0) is 17.7. The van der Waals surface area contributed by atoms with E-state index in [4.69, 9.17) is 10.1 Å². The number of rotatable bonds is 3. The molecule has 5 nitrogen and oxygen atoms in total. The second-order valence-electron chi connectivity index (χ2n) is 6.92. The van der Waals surface area contributed by atoms with Crippen LogP contribution < -0.4 is 0 Å². The monoisotopic (exact) mass is 341 g/mol. The number of nitrogens with zero attached hydrogens (tertiary/aromatic N) is 5. The molecule has 0 amide bonds. The summed E-state index contributed by atoms with van der Waals surface area (Å²) in [6.07, 6.45) is 6.44. The Labute approximate surface area is 151 Å². The number of aryl methyl sites for hydroxylation is 3. The van der Waals surface area contributed by atoms with Gasteiger partial charge in [0.2, 0.25) is 0 Å². The zero-order valence-corrected chi connectivity index (χ0v) is 14.9. The Morgan fingerprint density at radius 1 is 1.08 bits per heavy atom. The predicted molar refractivity (Wildman–Crippen MR) is 103 cm³/mol. The Morgan fingerprint density at radius 2 is 2.00 bits per heavy atom. The summed E-state index contributed by atoms with van der Waals surface area (Å²) in [6, 6.07) is 10.5. The SMILES string of the molecule is Cc1ncc(C)n2nc(CCC3=Nc4c(ccc5ncccc45)C3)cc12. The fourth-order valence-electron chi connectivity index (χ4n) is 3.68. The summed E-state index contributed by atoms with van der Waals surface area (Å²) in [6.45, 7) is 4.06. The van der Waals surface area contributed by atoms with Crippen LogP contribution >= 0.6 is 0 Å². The third-order valence-electron chi connectivity index (χ3n) is 5.08. The van der Waals surface area contributed by atoms with Gasteiger partial charge in [0.25, 0.3) is 0 Å².